The molecule has 0 saturated heterocycles. The molecule has 0 bridgehead atoms. The number of rotatable bonds is 6. The molecule has 152 valence electrons. The standard InChI is InChI=1S/C21H28N2O5/c1-20(2,3)13-21(4,5)22-16(24)12-28-18(26)11-23-17(25)10-14-8-6-7-9-15(14)19(23)27/h6-9H,10-13H2,1-5H3,(H,22,24). The molecule has 28 heavy (non-hydrogen) atoms. The number of nitrogens with zero attached hydrogens (tertiary/aromatic N) is 1. The number of nitrogens with one attached hydrogen (secondary N) is 1. The maximum absolute atomic E-state index is 12.4. The van der Waals surface area contributed by atoms with Crippen molar-refractivity contribution in [2.75, 3.05) is 13.2 Å². The Kier molecular flexibility index (Phi) is 6.27. The van der Waals surface area contributed by atoms with Crippen molar-refractivity contribution in [1.82, 2.24) is 10.2 Å². The molecule has 1 aromatic carbocycles. The molecule has 1 heterocycles. The van der Waals surface area contributed by atoms with Crippen molar-refractivity contribution in [2.45, 2.75) is 53.0 Å². The van der Waals surface area contributed by atoms with E-state index < -0.39 is 42.4 Å². The van der Waals surface area contributed by atoms with E-state index in [1.165, 1.54) is 0 Å². The molecule has 7 heteroatoms. The van der Waals surface area contributed by atoms with Gasteiger partial charge in [-0.3, -0.25) is 24.1 Å². The van der Waals surface area contributed by atoms with Gasteiger partial charge in [0.05, 0.1) is 6.42 Å². The molecule has 0 unspecified atom stereocenters. The van der Waals surface area contributed by atoms with E-state index in [0.717, 1.165) is 11.3 Å². The highest BCUT2D eigenvalue weighted by atomic mass is 16.5. The first-order chi connectivity index (χ1) is 12.9. The van der Waals surface area contributed by atoms with Crippen molar-refractivity contribution < 1.29 is 23.9 Å². The van der Waals surface area contributed by atoms with Gasteiger partial charge in [0, 0.05) is 11.1 Å². The predicted molar refractivity (Wildman–Crippen MR) is 103 cm³/mol. The van der Waals surface area contributed by atoms with E-state index >= 15 is 0 Å². The smallest absolute Gasteiger partial charge is 0.326 e. The first-order valence-corrected chi connectivity index (χ1v) is 9.27. The number of carbonyl (C=O) groups excluding carboxylic acids is 4. The normalized spacial score (nSPS) is 14.5. The second kappa shape index (κ2) is 8.12. The number of ether oxygens (including phenoxy) is 1. The average Bonchev–Trinajstić information content (AvgIpc) is 2.54. The number of benzene rings is 1. The van der Waals surface area contributed by atoms with Crippen LogP contribution in [0.2, 0.25) is 0 Å². The Morgan fingerprint density at radius 1 is 1.11 bits per heavy atom. The van der Waals surface area contributed by atoms with Crippen LogP contribution >= 0.6 is 0 Å². The molecule has 1 N–H and O–H groups in total. The van der Waals surface area contributed by atoms with Gasteiger partial charge in [-0.1, -0.05) is 39.0 Å². The first kappa shape index (κ1) is 21.6. The van der Waals surface area contributed by atoms with Crippen LogP contribution in [0.15, 0.2) is 24.3 Å². The average molecular weight is 388 g/mol. The van der Waals surface area contributed by atoms with Crippen molar-refractivity contribution in [3.05, 3.63) is 35.4 Å². The molecule has 0 saturated carbocycles. The Bertz CT molecular complexity index is 792. The van der Waals surface area contributed by atoms with Crippen LogP contribution in [0, 0.1) is 5.41 Å². The van der Waals surface area contributed by atoms with Gasteiger partial charge in [-0.25, -0.2) is 0 Å². The van der Waals surface area contributed by atoms with Gasteiger partial charge in [0.1, 0.15) is 6.54 Å². The second-order valence-electron chi connectivity index (χ2n) is 8.95. The van der Waals surface area contributed by atoms with Crippen LogP contribution in [0.3, 0.4) is 0 Å². The number of hydrogen-bond donors (Lipinski definition) is 1. The third-order valence-corrected chi connectivity index (χ3v) is 4.24. The van der Waals surface area contributed by atoms with E-state index in [2.05, 4.69) is 26.1 Å². The zero-order chi connectivity index (χ0) is 21.1. The summed E-state index contributed by atoms with van der Waals surface area (Å²) < 4.78 is 4.97. The first-order valence-electron chi connectivity index (χ1n) is 9.27. The molecule has 1 aliphatic rings. The molecule has 0 aromatic heterocycles. The van der Waals surface area contributed by atoms with Gasteiger partial charge < -0.3 is 10.1 Å². The minimum Gasteiger partial charge on any atom is -0.454 e. The van der Waals surface area contributed by atoms with Crippen LogP contribution in [0.4, 0.5) is 0 Å². The molecular formula is C21H28N2O5. The molecule has 2 rings (SSSR count). The van der Waals surface area contributed by atoms with Crippen molar-refractivity contribution in [1.29, 1.82) is 0 Å². The third kappa shape index (κ3) is 5.90. The van der Waals surface area contributed by atoms with Crippen LogP contribution in [-0.2, 0) is 25.5 Å². The van der Waals surface area contributed by atoms with Crippen molar-refractivity contribution in [2.24, 2.45) is 5.41 Å². The highest BCUT2D eigenvalue weighted by Gasteiger charge is 2.33. The molecule has 0 aliphatic carbocycles. The maximum Gasteiger partial charge on any atom is 0.326 e. The summed E-state index contributed by atoms with van der Waals surface area (Å²) in [5.74, 6) is -2.22. The van der Waals surface area contributed by atoms with Gasteiger partial charge >= 0.3 is 5.97 Å². The quantitative estimate of drug-likeness (QED) is 0.595. The summed E-state index contributed by atoms with van der Waals surface area (Å²) in [4.78, 5) is 49.6. The Hall–Kier alpha value is -2.70. The number of esters is 1. The highest BCUT2D eigenvalue weighted by Crippen LogP contribution is 2.26. The van der Waals surface area contributed by atoms with E-state index in [9.17, 15) is 19.2 Å². The molecule has 3 amide bonds. The van der Waals surface area contributed by atoms with Crippen LogP contribution in [-0.4, -0.2) is 47.3 Å². The fourth-order valence-corrected chi connectivity index (χ4v) is 3.66. The Labute approximate surface area is 165 Å². The van der Waals surface area contributed by atoms with Gasteiger partial charge in [-0.15, -0.1) is 0 Å². The van der Waals surface area contributed by atoms with E-state index in [1.54, 1.807) is 24.3 Å². The third-order valence-electron chi connectivity index (χ3n) is 4.24. The zero-order valence-corrected chi connectivity index (χ0v) is 17.1. The predicted octanol–water partition coefficient (Wildman–Crippen LogP) is 2.09. The lowest BCUT2D eigenvalue weighted by Gasteiger charge is -2.33. The monoisotopic (exact) mass is 388 g/mol. The number of carbonyl (C=O) groups is 4. The second-order valence-corrected chi connectivity index (χ2v) is 8.95. The summed E-state index contributed by atoms with van der Waals surface area (Å²) in [6, 6.07) is 6.79. The largest absolute Gasteiger partial charge is 0.454 e. The van der Waals surface area contributed by atoms with E-state index in [1.807, 2.05) is 13.8 Å². The van der Waals surface area contributed by atoms with Crippen molar-refractivity contribution >= 4 is 23.7 Å². The number of fused-ring (bicyclic) bond motifs is 1. The number of amides is 3. The number of hydrogen-bond acceptors (Lipinski definition) is 5. The zero-order valence-electron chi connectivity index (χ0n) is 17.1. The summed E-state index contributed by atoms with van der Waals surface area (Å²) in [6.45, 7) is 9.06. The lowest BCUT2D eigenvalue weighted by molar-refractivity contribution is -0.151. The minimum atomic E-state index is -0.801. The van der Waals surface area contributed by atoms with Crippen molar-refractivity contribution in [3.63, 3.8) is 0 Å². The summed E-state index contributed by atoms with van der Waals surface area (Å²) in [5.41, 5.74) is 0.613. The molecule has 7 nitrogen and oxygen atoms in total. The minimum absolute atomic E-state index is 0.0265. The lowest BCUT2D eigenvalue weighted by atomic mass is 9.82. The van der Waals surface area contributed by atoms with Crippen LogP contribution < -0.4 is 5.32 Å². The van der Waals surface area contributed by atoms with E-state index in [0.29, 0.717) is 11.1 Å². The SMILES string of the molecule is CC(C)(C)CC(C)(C)NC(=O)COC(=O)CN1C(=O)Cc2ccccc2C1=O. The molecular weight excluding hydrogens is 360 g/mol. The molecule has 0 fully saturated rings. The fraction of sp³-hybridized carbons (Fsp3) is 0.524. The topological polar surface area (TPSA) is 92.8 Å². The summed E-state index contributed by atoms with van der Waals surface area (Å²) in [7, 11) is 0. The Morgan fingerprint density at radius 2 is 1.75 bits per heavy atom. The maximum atomic E-state index is 12.4. The van der Waals surface area contributed by atoms with Gasteiger partial charge in [0.25, 0.3) is 11.8 Å². The molecule has 0 atom stereocenters. The highest BCUT2D eigenvalue weighted by molar-refractivity contribution is 6.11. The van der Waals surface area contributed by atoms with E-state index in [-0.39, 0.29) is 11.8 Å². The van der Waals surface area contributed by atoms with E-state index in [4.69, 9.17) is 4.74 Å². The van der Waals surface area contributed by atoms with Gasteiger partial charge in [0.15, 0.2) is 6.61 Å². The van der Waals surface area contributed by atoms with Crippen LogP contribution in [0.5, 0.6) is 0 Å². The number of imide groups is 1. The van der Waals surface area contributed by atoms with Crippen molar-refractivity contribution in [3.8, 4) is 0 Å². The molecule has 0 spiro atoms. The van der Waals surface area contributed by atoms with Gasteiger partial charge in [-0.05, 0) is 37.3 Å². The van der Waals surface area contributed by atoms with Gasteiger partial charge in [-0.2, -0.15) is 0 Å². The lowest BCUT2D eigenvalue weighted by Crippen LogP contribution is -2.48. The van der Waals surface area contributed by atoms with Gasteiger partial charge in [0.2, 0.25) is 5.91 Å². The Balaban J connectivity index is 1.88. The summed E-state index contributed by atoms with van der Waals surface area (Å²) in [6.07, 6.45) is 0.798. The van der Waals surface area contributed by atoms with Crippen LogP contribution in [0.25, 0.3) is 0 Å². The molecule has 1 aliphatic heterocycles. The molecule has 1 aromatic rings. The fourth-order valence-electron chi connectivity index (χ4n) is 3.66. The Morgan fingerprint density at radius 3 is 2.39 bits per heavy atom. The molecule has 0 radical (unpaired) electrons. The summed E-state index contributed by atoms with van der Waals surface area (Å²) >= 11 is 0. The van der Waals surface area contributed by atoms with Crippen LogP contribution in [0.1, 0.15) is 57.0 Å². The summed E-state index contributed by atoms with van der Waals surface area (Å²) in [5, 5.41) is 2.84.